The highest BCUT2D eigenvalue weighted by molar-refractivity contribution is 7.97. The second kappa shape index (κ2) is 24.5. The van der Waals surface area contributed by atoms with Gasteiger partial charge in [-0.25, -0.2) is 28.3 Å². The number of carboxylic acid groups (broad SMARTS) is 1. The molecule has 2 aliphatic heterocycles. The lowest BCUT2D eigenvalue weighted by Gasteiger charge is -2.67. The van der Waals surface area contributed by atoms with Crippen molar-refractivity contribution in [1.82, 2.24) is 4.31 Å². The first-order valence-electron chi connectivity index (χ1n) is 25.9. The molecule has 23 nitrogen and oxygen atoms in total. The molecule has 0 radical (unpaired) electrons. The van der Waals surface area contributed by atoms with Gasteiger partial charge in [0, 0.05) is 46.9 Å². The topological polar surface area (TPSA) is 291 Å². The minimum Gasteiger partial charge on any atom is -0.497 e. The zero-order valence-electron chi connectivity index (χ0n) is 45.9. The quantitative estimate of drug-likeness (QED) is 0.0225. The van der Waals surface area contributed by atoms with Crippen LogP contribution in [0.2, 0.25) is 0 Å². The molecule has 2 heterocycles. The van der Waals surface area contributed by atoms with Crippen LogP contribution in [0.3, 0.4) is 0 Å². The van der Waals surface area contributed by atoms with Gasteiger partial charge in [-0.05, 0) is 142 Å². The van der Waals surface area contributed by atoms with Gasteiger partial charge in [0.1, 0.15) is 41.5 Å². The molecule has 2 saturated carbocycles. The van der Waals surface area contributed by atoms with E-state index in [-0.39, 0.29) is 28.1 Å². The number of ether oxygens (including phenoxy) is 11. The number of halogens is 6. The Labute approximate surface area is 524 Å². The number of benzene rings is 4. The molecule has 12 atom stereocenters. The zero-order valence-corrected chi connectivity index (χ0v) is 51.2. The molecule has 4 fully saturated rings. The van der Waals surface area contributed by atoms with Gasteiger partial charge in [-0.15, -0.1) is 0 Å². The number of nitrogens with zero attached hydrogens (tertiary/aromatic N) is 2. The van der Waals surface area contributed by atoms with Crippen LogP contribution < -0.4 is 9.47 Å². The predicted molar refractivity (Wildman–Crippen MR) is 305 cm³/mol. The fourth-order valence-electron chi connectivity index (χ4n) is 12.4. The number of hydrogen-bond acceptors (Lipinski definition) is 22. The van der Waals surface area contributed by atoms with Crippen LogP contribution in [-0.4, -0.2) is 132 Å². The maximum atomic E-state index is 16.5. The van der Waals surface area contributed by atoms with E-state index in [4.69, 9.17) is 122 Å². The third-order valence-electron chi connectivity index (χ3n) is 16.3. The molecule has 0 amide bonds. The van der Waals surface area contributed by atoms with E-state index in [1.54, 1.807) is 65.0 Å². The van der Waals surface area contributed by atoms with E-state index in [2.05, 4.69) is 0 Å². The lowest BCUT2D eigenvalue weighted by atomic mass is 9.44. The molecule has 30 heteroatoms. The summed E-state index contributed by atoms with van der Waals surface area (Å²) in [4.78, 5) is 99.7. The molecular formula is C56H52Cl6N2O21S. The molecule has 2 N–H and O–H groups in total. The van der Waals surface area contributed by atoms with Crippen LogP contribution in [0.15, 0.2) is 119 Å². The van der Waals surface area contributed by atoms with E-state index in [0.29, 0.717) is 21.8 Å². The number of non-ortho nitro benzene ring substituents is 1. The first-order valence-corrected chi connectivity index (χ1v) is 28.9. The first-order chi connectivity index (χ1) is 40.4. The largest absolute Gasteiger partial charge is 0.512 e. The second-order valence-corrected chi connectivity index (χ2v) is 26.7. The van der Waals surface area contributed by atoms with Crippen LogP contribution in [0.1, 0.15) is 74.3 Å². The zero-order chi connectivity index (χ0) is 62.6. The molecular weight excluding hydrogens is 1280 g/mol. The molecule has 0 aromatic heterocycles. The Morgan fingerprint density at radius 2 is 1.45 bits per heavy atom. The minimum atomic E-state index is -2.84. The summed E-state index contributed by atoms with van der Waals surface area (Å²) in [5.41, 5.74) is -9.72. The third kappa shape index (κ3) is 12.3. The molecule has 460 valence electrons. The van der Waals surface area contributed by atoms with Gasteiger partial charge >= 0.3 is 38.4 Å². The van der Waals surface area contributed by atoms with Crippen LogP contribution in [0, 0.1) is 26.9 Å². The van der Waals surface area contributed by atoms with Crippen molar-refractivity contribution in [3.63, 3.8) is 0 Å². The van der Waals surface area contributed by atoms with Gasteiger partial charge in [0.25, 0.3) is 5.69 Å². The molecule has 2 bridgehead atoms. The van der Waals surface area contributed by atoms with Crippen molar-refractivity contribution in [2.45, 2.75) is 113 Å². The number of carbonyl (C=O) groups excluding carboxylic acids is 5. The number of esters is 2. The highest BCUT2D eigenvalue weighted by Gasteiger charge is 2.79. The highest BCUT2D eigenvalue weighted by Crippen LogP contribution is 2.65. The van der Waals surface area contributed by atoms with Crippen molar-refractivity contribution >= 4 is 123 Å². The standard InChI is InChI=1S/C56H52Cl6N2O21S/c1-27-35(78-47(67)41-39(28-14-9-7-10-15-28)63(86-32-19-13-18-30(22-32)64(73)74)45(80-41)33-21-20-31(75-5)23-34(33)76-6)25-54(72)44(82-46(66)29-16-11-8-12-17-29)42-52(4,43(65)40(38(27)51(54,2)3)81-50(71)85-56(60,61)62)36(79-49(70)84-55(57,58)59)24-37-53(42,26-77-37)83-48(68)69/h7-23,35-37,39-42,44-45,72H,24-26H2,1-6H3,(H,68,69)/t35-,36-,37+,39-,40+,41?,42-,44-,45?,52+,53-,54+/m0/s1. The Bertz CT molecular complexity index is 3350. The number of hydrogen-bond donors (Lipinski definition) is 2. The summed E-state index contributed by atoms with van der Waals surface area (Å²) in [5, 5.41) is 37.0. The van der Waals surface area contributed by atoms with Crippen LogP contribution in [0.5, 0.6) is 11.5 Å². The first kappa shape index (κ1) is 64.4. The average molecular weight is 1330 g/mol. The maximum Gasteiger partial charge on any atom is 0.512 e. The molecule has 4 aromatic carbocycles. The van der Waals surface area contributed by atoms with Gasteiger partial charge in [0.15, 0.2) is 29.8 Å². The number of methoxy groups -OCH3 is 2. The Morgan fingerprint density at radius 1 is 0.814 bits per heavy atom. The molecule has 0 spiro atoms. The molecule has 9 rings (SSSR count). The van der Waals surface area contributed by atoms with Gasteiger partial charge in [-0.2, -0.15) is 0 Å². The number of nitro groups is 1. The van der Waals surface area contributed by atoms with Crippen LogP contribution >= 0.6 is 81.6 Å². The lowest BCUT2D eigenvalue weighted by molar-refractivity contribution is -0.385. The smallest absolute Gasteiger partial charge is 0.497 e. The number of Topliss-reactive ketones (excluding diaryl/α,β-unsaturated/α-hetero) is 1. The van der Waals surface area contributed by atoms with Crippen molar-refractivity contribution in [1.29, 1.82) is 0 Å². The summed E-state index contributed by atoms with van der Waals surface area (Å²) in [6.07, 6.45) is -19.6. The number of carbonyl (C=O) groups is 6. The summed E-state index contributed by atoms with van der Waals surface area (Å²) in [7, 11) is 2.85. The SMILES string of the molecule is COc1ccc(C2OC(C(=O)O[C@H]3C[C@@]4(O)[C@@H](OC(=O)c5ccccc5)[C@@H]5[C@]6(OC(=O)O)CO[C@@H]6C[C@H](OC(=O)OC(Cl)(Cl)Cl)[C@@]5(C)C(=O)[C@H](OC(=O)OC(Cl)(Cl)Cl)C(=C3C)C4(C)C)[C@H](c3ccccc3)N2Sc2cccc([N+](=O)[O-])c2)c(OC)c1. The molecule has 4 aromatic rings. The summed E-state index contributed by atoms with van der Waals surface area (Å²) in [6, 6.07) is 25.3. The summed E-state index contributed by atoms with van der Waals surface area (Å²) >= 11 is 36.3. The minimum absolute atomic E-state index is 0.0704. The Balaban J connectivity index is 1.26. The van der Waals surface area contributed by atoms with Crippen molar-refractivity contribution in [2.24, 2.45) is 16.7 Å². The van der Waals surface area contributed by atoms with Gasteiger partial charge < -0.3 is 62.3 Å². The van der Waals surface area contributed by atoms with Crippen molar-refractivity contribution in [3.8, 4) is 11.5 Å². The monoisotopic (exact) mass is 1330 g/mol. The maximum absolute atomic E-state index is 16.5. The normalized spacial score (nSPS) is 29.5. The van der Waals surface area contributed by atoms with E-state index in [0.717, 1.165) is 18.9 Å². The average Bonchev–Trinajstić information content (AvgIpc) is 0.763. The van der Waals surface area contributed by atoms with Crippen LogP contribution in [0.25, 0.3) is 0 Å². The molecule has 3 aliphatic carbocycles. The fraction of sp³-hybridized carbons (Fsp3) is 0.429. The van der Waals surface area contributed by atoms with E-state index in [1.807, 2.05) is 0 Å². The van der Waals surface area contributed by atoms with E-state index in [1.165, 1.54) is 77.5 Å². The van der Waals surface area contributed by atoms with E-state index >= 15 is 9.59 Å². The van der Waals surface area contributed by atoms with E-state index < -0.39 is 145 Å². The fourth-order valence-corrected chi connectivity index (χ4v) is 13.9. The number of alkyl halides is 6. The number of aliphatic hydroxyl groups is 1. The molecule has 2 saturated heterocycles. The van der Waals surface area contributed by atoms with Gasteiger partial charge in [-0.3, -0.25) is 14.9 Å². The van der Waals surface area contributed by atoms with Gasteiger partial charge in [0.05, 0.1) is 48.7 Å². The van der Waals surface area contributed by atoms with Gasteiger partial charge in [0.2, 0.25) is 0 Å². The van der Waals surface area contributed by atoms with Crippen molar-refractivity contribution in [2.75, 3.05) is 20.8 Å². The number of fused-ring (bicyclic) bond motifs is 5. The highest BCUT2D eigenvalue weighted by atomic mass is 35.6. The number of rotatable bonds is 14. The molecule has 86 heavy (non-hydrogen) atoms. The molecule has 5 aliphatic rings. The number of nitro benzene ring substituents is 1. The summed E-state index contributed by atoms with van der Waals surface area (Å²) < 4.78 is 60.5. The van der Waals surface area contributed by atoms with Crippen LogP contribution in [-0.2, 0) is 52.2 Å². The summed E-state index contributed by atoms with van der Waals surface area (Å²) in [6.45, 7) is 4.62. The second-order valence-electron chi connectivity index (χ2n) is 21.2. The van der Waals surface area contributed by atoms with E-state index in [9.17, 15) is 39.5 Å². The Morgan fingerprint density at radius 3 is 2.03 bits per heavy atom. The lowest BCUT2D eigenvalue weighted by Crippen LogP contribution is -2.82. The van der Waals surface area contributed by atoms with Crippen LogP contribution in [0.4, 0.5) is 20.1 Å². The Hall–Kier alpha value is -6.03. The Kier molecular flexibility index (Phi) is 18.4. The molecule has 2 unspecified atom stereocenters. The summed E-state index contributed by atoms with van der Waals surface area (Å²) in [5.74, 6) is -4.99. The van der Waals surface area contributed by atoms with Crippen molar-refractivity contribution in [3.05, 3.63) is 141 Å². The predicted octanol–water partition coefficient (Wildman–Crippen LogP) is 11.5. The van der Waals surface area contributed by atoms with Gasteiger partial charge in [-0.1, -0.05) is 68.4 Å². The van der Waals surface area contributed by atoms with Crippen molar-refractivity contribution < 1.29 is 96.0 Å². The third-order valence-corrected chi connectivity index (χ3v) is 17.9. The number of ketones is 1.